The molecule has 1 saturated carbocycles. The number of amides is 1. The Hall–Kier alpha value is -2.43. The third-order valence-corrected chi connectivity index (χ3v) is 5.30. The van der Waals surface area contributed by atoms with Gasteiger partial charge in [-0.25, -0.2) is 0 Å². The molecule has 0 N–H and O–H groups in total. The summed E-state index contributed by atoms with van der Waals surface area (Å²) >= 11 is 0. The molecule has 5 nitrogen and oxygen atoms in total. The maximum atomic E-state index is 12.7. The SMILES string of the molecule is CCCc1ccc(C(=O)N2CCN(c3ccc(C4CC4)nn3)CC2)cc1. The molecule has 136 valence electrons. The van der Waals surface area contributed by atoms with E-state index in [9.17, 15) is 4.79 Å². The molecule has 2 aromatic rings. The zero-order chi connectivity index (χ0) is 17.9. The van der Waals surface area contributed by atoms with Crippen molar-refractivity contribution < 1.29 is 4.79 Å². The van der Waals surface area contributed by atoms with Gasteiger partial charge < -0.3 is 9.80 Å². The summed E-state index contributed by atoms with van der Waals surface area (Å²) in [7, 11) is 0. The lowest BCUT2D eigenvalue weighted by Crippen LogP contribution is -2.49. The molecular weight excluding hydrogens is 324 g/mol. The maximum absolute atomic E-state index is 12.7. The van der Waals surface area contributed by atoms with Crippen LogP contribution in [0.15, 0.2) is 36.4 Å². The molecule has 1 saturated heterocycles. The van der Waals surface area contributed by atoms with Crippen LogP contribution in [0.25, 0.3) is 0 Å². The normalized spacial score (nSPS) is 17.4. The highest BCUT2D eigenvalue weighted by molar-refractivity contribution is 5.94. The minimum atomic E-state index is 0.128. The van der Waals surface area contributed by atoms with Gasteiger partial charge >= 0.3 is 0 Å². The van der Waals surface area contributed by atoms with Gasteiger partial charge in [-0.1, -0.05) is 25.5 Å². The molecule has 1 aliphatic carbocycles. The van der Waals surface area contributed by atoms with Crippen LogP contribution >= 0.6 is 0 Å². The summed E-state index contributed by atoms with van der Waals surface area (Å²) in [6.45, 7) is 5.22. The van der Waals surface area contributed by atoms with Crippen molar-refractivity contribution in [3.05, 3.63) is 53.2 Å². The number of nitrogens with zero attached hydrogens (tertiary/aromatic N) is 4. The van der Waals surface area contributed by atoms with E-state index in [0.29, 0.717) is 5.92 Å². The summed E-state index contributed by atoms with van der Waals surface area (Å²) in [6, 6.07) is 12.2. The Labute approximate surface area is 155 Å². The van der Waals surface area contributed by atoms with E-state index in [-0.39, 0.29) is 5.91 Å². The minimum absolute atomic E-state index is 0.128. The third-order valence-electron chi connectivity index (χ3n) is 5.30. The smallest absolute Gasteiger partial charge is 0.253 e. The molecule has 1 aromatic heterocycles. The number of carbonyl (C=O) groups is 1. The van der Waals surface area contributed by atoms with Crippen LogP contribution in [0.5, 0.6) is 0 Å². The lowest BCUT2D eigenvalue weighted by molar-refractivity contribution is 0.0746. The van der Waals surface area contributed by atoms with E-state index in [4.69, 9.17) is 0 Å². The molecule has 0 spiro atoms. The van der Waals surface area contributed by atoms with Gasteiger partial charge in [0.2, 0.25) is 0 Å². The second kappa shape index (κ2) is 7.44. The quantitative estimate of drug-likeness (QED) is 0.830. The lowest BCUT2D eigenvalue weighted by atomic mass is 10.1. The summed E-state index contributed by atoms with van der Waals surface area (Å²) < 4.78 is 0. The molecule has 1 amide bonds. The second-order valence-electron chi connectivity index (χ2n) is 7.32. The van der Waals surface area contributed by atoms with Crippen molar-refractivity contribution in [2.75, 3.05) is 31.1 Å². The van der Waals surface area contributed by atoms with Crippen molar-refractivity contribution >= 4 is 11.7 Å². The summed E-state index contributed by atoms with van der Waals surface area (Å²) in [6.07, 6.45) is 4.68. The van der Waals surface area contributed by atoms with Crippen LogP contribution in [-0.4, -0.2) is 47.2 Å². The average molecular weight is 350 g/mol. The van der Waals surface area contributed by atoms with Crippen molar-refractivity contribution in [2.45, 2.75) is 38.5 Å². The Morgan fingerprint density at radius 3 is 2.31 bits per heavy atom. The Morgan fingerprint density at radius 1 is 1.00 bits per heavy atom. The van der Waals surface area contributed by atoms with Gasteiger partial charge in [0.1, 0.15) is 0 Å². The molecule has 2 fully saturated rings. The molecule has 1 aromatic carbocycles. The number of aryl methyl sites for hydroxylation is 1. The van der Waals surface area contributed by atoms with E-state index < -0.39 is 0 Å². The van der Waals surface area contributed by atoms with Gasteiger partial charge in [-0.3, -0.25) is 4.79 Å². The zero-order valence-electron chi connectivity index (χ0n) is 15.4. The fourth-order valence-corrected chi connectivity index (χ4v) is 3.52. The fraction of sp³-hybridized carbons (Fsp3) is 0.476. The number of piperazine rings is 1. The topological polar surface area (TPSA) is 49.3 Å². The van der Waals surface area contributed by atoms with Gasteiger partial charge in [-0.2, -0.15) is 5.10 Å². The number of benzene rings is 1. The summed E-state index contributed by atoms with van der Waals surface area (Å²) in [5.41, 5.74) is 3.20. The van der Waals surface area contributed by atoms with Crippen molar-refractivity contribution in [1.29, 1.82) is 0 Å². The zero-order valence-corrected chi connectivity index (χ0v) is 15.4. The van der Waals surface area contributed by atoms with Crippen LogP contribution in [0.2, 0.25) is 0 Å². The van der Waals surface area contributed by atoms with Crippen LogP contribution in [0, 0.1) is 0 Å². The van der Waals surface area contributed by atoms with Crippen LogP contribution < -0.4 is 4.90 Å². The summed E-state index contributed by atoms with van der Waals surface area (Å²) in [5, 5.41) is 8.76. The molecule has 5 heteroatoms. The number of hydrogen-bond acceptors (Lipinski definition) is 4. The number of carbonyl (C=O) groups excluding carboxylic acids is 1. The van der Waals surface area contributed by atoms with Gasteiger partial charge in [0.25, 0.3) is 5.91 Å². The van der Waals surface area contributed by atoms with Crippen molar-refractivity contribution in [1.82, 2.24) is 15.1 Å². The van der Waals surface area contributed by atoms with Crippen LogP contribution in [0.4, 0.5) is 5.82 Å². The molecule has 0 unspecified atom stereocenters. The van der Waals surface area contributed by atoms with E-state index in [0.717, 1.165) is 56.1 Å². The maximum Gasteiger partial charge on any atom is 0.253 e. The number of anilines is 1. The van der Waals surface area contributed by atoms with E-state index in [1.807, 2.05) is 17.0 Å². The molecule has 0 atom stereocenters. The van der Waals surface area contributed by atoms with Gasteiger partial charge in [0, 0.05) is 37.7 Å². The predicted octanol–water partition coefficient (Wildman–Crippen LogP) is 3.27. The molecule has 4 rings (SSSR count). The number of rotatable bonds is 5. The number of hydrogen-bond donors (Lipinski definition) is 0. The fourth-order valence-electron chi connectivity index (χ4n) is 3.52. The number of aromatic nitrogens is 2. The van der Waals surface area contributed by atoms with Crippen LogP contribution in [0.1, 0.15) is 53.7 Å². The first-order valence-corrected chi connectivity index (χ1v) is 9.71. The highest BCUT2D eigenvalue weighted by Gasteiger charge is 2.26. The predicted molar refractivity (Wildman–Crippen MR) is 103 cm³/mol. The highest BCUT2D eigenvalue weighted by Crippen LogP contribution is 2.38. The van der Waals surface area contributed by atoms with Gasteiger partial charge in [-0.05, 0) is 49.1 Å². The second-order valence-corrected chi connectivity index (χ2v) is 7.32. The monoisotopic (exact) mass is 350 g/mol. The molecule has 0 bridgehead atoms. The molecule has 2 heterocycles. The highest BCUT2D eigenvalue weighted by atomic mass is 16.2. The molecule has 0 radical (unpaired) electrons. The van der Waals surface area contributed by atoms with Crippen LogP contribution in [0.3, 0.4) is 0 Å². The standard InChI is InChI=1S/C21H26N4O/c1-2-3-16-4-6-18(7-5-16)21(26)25-14-12-24(13-15-25)20-11-10-19(22-23-20)17-8-9-17/h4-7,10-11,17H,2-3,8-9,12-15H2,1H3. The van der Waals surface area contributed by atoms with Gasteiger partial charge in [0.15, 0.2) is 5.82 Å². The first-order valence-electron chi connectivity index (χ1n) is 9.71. The Balaban J connectivity index is 1.34. The first kappa shape index (κ1) is 17.0. The Kier molecular flexibility index (Phi) is 4.87. The van der Waals surface area contributed by atoms with Gasteiger partial charge in [0.05, 0.1) is 5.69 Å². The van der Waals surface area contributed by atoms with Crippen LogP contribution in [-0.2, 0) is 6.42 Å². The molecule has 2 aliphatic rings. The third kappa shape index (κ3) is 3.71. The average Bonchev–Trinajstić information content (AvgIpc) is 3.54. The summed E-state index contributed by atoms with van der Waals surface area (Å²) in [5.74, 6) is 1.68. The van der Waals surface area contributed by atoms with E-state index >= 15 is 0 Å². The minimum Gasteiger partial charge on any atom is -0.352 e. The van der Waals surface area contributed by atoms with E-state index in [1.54, 1.807) is 0 Å². The Morgan fingerprint density at radius 2 is 1.73 bits per heavy atom. The largest absolute Gasteiger partial charge is 0.352 e. The lowest BCUT2D eigenvalue weighted by Gasteiger charge is -2.35. The molecule has 1 aliphatic heterocycles. The van der Waals surface area contributed by atoms with Crippen molar-refractivity contribution in [2.24, 2.45) is 0 Å². The van der Waals surface area contributed by atoms with E-state index in [2.05, 4.69) is 46.3 Å². The first-order chi connectivity index (χ1) is 12.7. The molecule has 26 heavy (non-hydrogen) atoms. The van der Waals surface area contributed by atoms with Crippen molar-refractivity contribution in [3.63, 3.8) is 0 Å². The Bertz CT molecular complexity index is 745. The molecular formula is C21H26N4O. The van der Waals surface area contributed by atoms with Crippen molar-refractivity contribution in [3.8, 4) is 0 Å². The van der Waals surface area contributed by atoms with Gasteiger partial charge in [-0.15, -0.1) is 5.10 Å². The van der Waals surface area contributed by atoms with E-state index in [1.165, 1.54) is 18.4 Å². The summed E-state index contributed by atoms with van der Waals surface area (Å²) in [4.78, 5) is 16.9.